The van der Waals surface area contributed by atoms with E-state index in [2.05, 4.69) is 20.1 Å². The minimum Gasteiger partial charge on any atom is -0.345 e. The monoisotopic (exact) mass is 289 g/mol. The normalized spacial score (nSPS) is 13.2. The van der Waals surface area contributed by atoms with Crippen LogP contribution in [0.15, 0.2) is 6.33 Å². The highest BCUT2D eigenvalue weighted by Gasteiger charge is 2.18. The lowest BCUT2D eigenvalue weighted by atomic mass is 10.2. The summed E-state index contributed by atoms with van der Waals surface area (Å²) in [6.45, 7) is 4.21. The number of nitrogens with one attached hydrogen (secondary N) is 2. The number of hydrogen-bond acceptors (Lipinski definition) is 5. The van der Waals surface area contributed by atoms with E-state index in [0.717, 1.165) is 6.26 Å². The highest BCUT2D eigenvalue weighted by molar-refractivity contribution is 7.88. The van der Waals surface area contributed by atoms with Gasteiger partial charge in [-0.1, -0.05) is 6.92 Å². The van der Waals surface area contributed by atoms with Crippen LogP contribution in [0.5, 0.6) is 0 Å². The molecule has 0 fully saturated rings. The van der Waals surface area contributed by atoms with Crippen LogP contribution in [0.4, 0.5) is 0 Å². The first-order valence-corrected chi connectivity index (χ1v) is 7.88. The highest BCUT2D eigenvalue weighted by Crippen LogP contribution is 2.12. The average molecular weight is 289 g/mol. The first-order chi connectivity index (χ1) is 8.87. The third-order valence-corrected chi connectivity index (χ3v) is 3.16. The van der Waals surface area contributed by atoms with Gasteiger partial charge in [0.25, 0.3) is 0 Å². The molecular formula is C10H19N5O3S. The Kier molecular flexibility index (Phi) is 5.43. The van der Waals surface area contributed by atoms with Crippen molar-refractivity contribution in [3.63, 3.8) is 0 Å². The van der Waals surface area contributed by atoms with Gasteiger partial charge in [0.15, 0.2) is 0 Å². The fourth-order valence-corrected chi connectivity index (χ4v) is 1.97. The summed E-state index contributed by atoms with van der Waals surface area (Å²) >= 11 is 0. The van der Waals surface area contributed by atoms with Crippen LogP contribution in [0.1, 0.15) is 32.1 Å². The standard InChI is InChI=1S/C10H19N5O3S/c1-4-8(10-11-7-12-15(10)5-2)14-9(16)6-13-19(3,17)18/h7-8,13H,4-6H2,1-3H3,(H,14,16)/t8-/m1/s1. The molecule has 8 nitrogen and oxygen atoms in total. The summed E-state index contributed by atoms with van der Waals surface area (Å²) in [5.74, 6) is 0.264. The van der Waals surface area contributed by atoms with E-state index in [-0.39, 0.29) is 12.6 Å². The molecule has 1 aromatic heterocycles. The van der Waals surface area contributed by atoms with Crippen molar-refractivity contribution in [1.29, 1.82) is 0 Å². The van der Waals surface area contributed by atoms with Gasteiger partial charge in [-0.3, -0.25) is 4.79 Å². The maximum atomic E-state index is 11.7. The molecule has 0 radical (unpaired) electrons. The van der Waals surface area contributed by atoms with Crippen LogP contribution in [0.3, 0.4) is 0 Å². The molecule has 108 valence electrons. The summed E-state index contributed by atoms with van der Waals surface area (Å²) in [5, 5.41) is 6.77. The fourth-order valence-electron chi connectivity index (χ4n) is 1.58. The van der Waals surface area contributed by atoms with Gasteiger partial charge in [-0.15, -0.1) is 0 Å². The van der Waals surface area contributed by atoms with E-state index in [9.17, 15) is 13.2 Å². The molecule has 9 heteroatoms. The number of nitrogens with zero attached hydrogens (tertiary/aromatic N) is 3. The predicted octanol–water partition coefficient (Wildman–Crippen LogP) is -0.585. The zero-order valence-corrected chi connectivity index (χ0v) is 12.1. The predicted molar refractivity (Wildman–Crippen MR) is 69.7 cm³/mol. The van der Waals surface area contributed by atoms with Crippen LogP contribution in [0, 0.1) is 0 Å². The highest BCUT2D eigenvalue weighted by atomic mass is 32.2. The minimum atomic E-state index is -3.37. The molecule has 0 saturated carbocycles. The number of aryl methyl sites for hydroxylation is 1. The average Bonchev–Trinajstić information content (AvgIpc) is 2.80. The van der Waals surface area contributed by atoms with Crippen LogP contribution < -0.4 is 10.0 Å². The lowest BCUT2D eigenvalue weighted by Crippen LogP contribution is -2.38. The van der Waals surface area contributed by atoms with Gasteiger partial charge >= 0.3 is 0 Å². The van der Waals surface area contributed by atoms with Gasteiger partial charge in [-0.05, 0) is 13.3 Å². The van der Waals surface area contributed by atoms with E-state index in [4.69, 9.17) is 0 Å². The number of hydrogen-bond donors (Lipinski definition) is 2. The van der Waals surface area contributed by atoms with E-state index in [1.165, 1.54) is 6.33 Å². The van der Waals surface area contributed by atoms with E-state index < -0.39 is 15.9 Å². The van der Waals surface area contributed by atoms with Gasteiger partial charge in [0.05, 0.1) is 18.8 Å². The molecule has 0 aliphatic carbocycles. The van der Waals surface area contributed by atoms with Crippen molar-refractivity contribution in [2.45, 2.75) is 32.9 Å². The number of carbonyl (C=O) groups excluding carboxylic acids is 1. The molecule has 0 aromatic carbocycles. The van der Waals surface area contributed by atoms with Crippen molar-refractivity contribution in [2.24, 2.45) is 0 Å². The molecule has 1 amide bonds. The summed E-state index contributed by atoms with van der Waals surface area (Å²) in [4.78, 5) is 15.8. The maximum Gasteiger partial charge on any atom is 0.235 e. The van der Waals surface area contributed by atoms with Crippen molar-refractivity contribution in [2.75, 3.05) is 12.8 Å². The molecule has 0 aliphatic heterocycles. The van der Waals surface area contributed by atoms with Crippen LogP contribution in [0.2, 0.25) is 0 Å². The third-order valence-electron chi connectivity index (χ3n) is 2.50. The molecule has 1 heterocycles. The molecular weight excluding hydrogens is 270 g/mol. The Morgan fingerprint density at radius 1 is 1.47 bits per heavy atom. The zero-order valence-electron chi connectivity index (χ0n) is 11.3. The van der Waals surface area contributed by atoms with Crippen molar-refractivity contribution in [3.8, 4) is 0 Å². The van der Waals surface area contributed by atoms with Gasteiger partial charge < -0.3 is 5.32 Å². The smallest absolute Gasteiger partial charge is 0.235 e. The van der Waals surface area contributed by atoms with E-state index in [1.807, 2.05) is 13.8 Å². The number of sulfonamides is 1. The van der Waals surface area contributed by atoms with Crippen molar-refractivity contribution < 1.29 is 13.2 Å². The van der Waals surface area contributed by atoms with Crippen LogP contribution >= 0.6 is 0 Å². The fraction of sp³-hybridized carbons (Fsp3) is 0.700. The van der Waals surface area contributed by atoms with E-state index in [1.54, 1.807) is 4.68 Å². The number of carbonyl (C=O) groups is 1. The Hall–Kier alpha value is -1.48. The van der Waals surface area contributed by atoms with Crippen molar-refractivity contribution >= 4 is 15.9 Å². The SMILES string of the molecule is CC[C@@H](NC(=O)CNS(C)(=O)=O)c1ncnn1CC. The molecule has 0 unspecified atom stereocenters. The zero-order chi connectivity index (χ0) is 14.5. The quantitative estimate of drug-likeness (QED) is 0.698. The first-order valence-electron chi connectivity index (χ1n) is 5.99. The number of aromatic nitrogens is 3. The largest absolute Gasteiger partial charge is 0.345 e. The lowest BCUT2D eigenvalue weighted by Gasteiger charge is -2.16. The number of rotatable bonds is 7. The molecule has 0 spiro atoms. The topological polar surface area (TPSA) is 106 Å². The Labute approximate surface area is 112 Å². The van der Waals surface area contributed by atoms with Crippen molar-refractivity contribution in [1.82, 2.24) is 24.8 Å². The molecule has 1 rings (SSSR count). The molecule has 1 aromatic rings. The maximum absolute atomic E-state index is 11.7. The van der Waals surface area contributed by atoms with Gasteiger partial charge in [0.1, 0.15) is 12.2 Å². The summed E-state index contributed by atoms with van der Waals surface area (Å²) in [7, 11) is -3.37. The van der Waals surface area contributed by atoms with Crippen LogP contribution in [-0.2, 0) is 21.4 Å². The van der Waals surface area contributed by atoms with Crippen LogP contribution in [0.25, 0.3) is 0 Å². The third kappa shape index (κ3) is 4.95. The van der Waals surface area contributed by atoms with Crippen molar-refractivity contribution in [3.05, 3.63) is 12.2 Å². The summed E-state index contributed by atoms with van der Waals surface area (Å²) in [6, 6.07) is -0.281. The van der Waals surface area contributed by atoms with Gasteiger partial charge in [0.2, 0.25) is 15.9 Å². The van der Waals surface area contributed by atoms with Crippen LogP contribution in [-0.4, -0.2) is 41.9 Å². The molecule has 19 heavy (non-hydrogen) atoms. The number of amides is 1. The Morgan fingerprint density at radius 3 is 2.68 bits per heavy atom. The minimum absolute atomic E-state index is 0.281. The summed E-state index contributed by atoms with van der Waals surface area (Å²) in [6.07, 6.45) is 3.08. The molecule has 1 atom stereocenters. The second-order valence-corrected chi connectivity index (χ2v) is 5.89. The molecule has 0 bridgehead atoms. The Bertz CT molecular complexity index is 525. The summed E-state index contributed by atoms with van der Waals surface area (Å²) < 4.78 is 25.6. The Morgan fingerprint density at radius 2 is 2.16 bits per heavy atom. The van der Waals surface area contributed by atoms with E-state index in [0.29, 0.717) is 18.8 Å². The van der Waals surface area contributed by atoms with Gasteiger partial charge in [-0.25, -0.2) is 22.8 Å². The van der Waals surface area contributed by atoms with E-state index >= 15 is 0 Å². The second-order valence-electron chi connectivity index (χ2n) is 4.06. The second kappa shape index (κ2) is 6.62. The first kappa shape index (κ1) is 15.6. The molecule has 0 saturated heterocycles. The lowest BCUT2D eigenvalue weighted by molar-refractivity contribution is -0.120. The van der Waals surface area contributed by atoms with Gasteiger partial charge in [-0.2, -0.15) is 5.10 Å². The molecule has 2 N–H and O–H groups in total. The summed E-state index contributed by atoms with van der Waals surface area (Å²) in [5.41, 5.74) is 0. The molecule has 0 aliphatic rings. The Balaban J connectivity index is 2.65. The van der Waals surface area contributed by atoms with Gasteiger partial charge in [0, 0.05) is 6.54 Å².